The van der Waals surface area contributed by atoms with Gasteiger partial charge in [-0.3, -0.25) is 9.59 Å². The highest BCUT2D eigenvalue weighted by molar-refractivity contribution is 6.66. The molecule has 1 saturated heterocycles. The van der Waals surface area contributed by atoms with Crippen LogP contribution < -0.4 is 5.46 Å². The van der Waals surface area contributed by atoms with Crippen LogP contribution in [0.2, 0.25) is 10.0 Å². The van der Waals surface area contributed by atoms with Gasteiger partial charge in [-0.25, -0.2) is 0 Å². The predicted octanol–water partition coefficient (Wildman–Crippen LogP) is 6.56. The topological polar surface area (TPSA) is 76.4 Å². The zero-order valence-corrected chi connectivity index (χ0v) is 26.0. The van der Waals surface area contributed by atoms with Gasteiger partial charge in [0, 0.05) is 41.2 Å². The molecule has 0 spiro atoms. The Balaban J connectivity index is 0.000000168. The fourth-order valence-corrected chi connectivity index (χ4v) is 6.33. The number of carbonyl (C=O) groups excluding carboxylic acids is 2. The molecule has 0 bridgehead atoms. The number of rotatable bonds is 3. The fourth-order valence-electron chi connectivity index (χ4n) is 5.82. The highest BCUT2D eigenvalue weighted by Gasteiger charge is 2.53. The molecule has 0 N–H and O–H groups in total. The summed E-state index contributed by atoms with van der Waals surface area (Å²) >= 11 is 12.8. The number of hydrogen-bond donors (Lipinski definition) is 0. The molecule has 3 aromatic carbocycles. The summed E-state index contributed by atoms with van der Waals surface area (Å²) in [5.74, 6) is 0.576. The lowest BCUT2D eigenvalue weighted by molar-refractivity contribution is -0.119. The molecule has 0 saturated carbocycles. The number of nitriles is 1. The van der Waals surface area contributed by atoms with Crippen LogP contribution in [0.5, 0.6) is 0 Å². The normalized spacial score (nSPS) is 18.5. The van der Waals surface area contributed by atoms with E-state index in [0.29, 0.717) is 54.9 Å². The maximum atomic E-state index is 11.7. The van der Waals surface area contributed by atoms with Crippen LogP contribution in [0.4, 0.5) is 0 Å². The van der Waals surface area contributed by atoms with Gasteiger partial charge >= 0.3 is 7.12 Å². The molecular weight excluding hydrogens is 568 g/mol. The summed E-state index contributed by atoms with van der Waals surface area (Å²) in [7, 11) is -0.467. The molecule has 0 unspecified atom stereocenters. The van der Waals surface area contributed by atoms with Crippen molar-refractivity contribution >= 4 is 47.3 Å². The van der Waals surface area contributed by atoms with Gasteiger partial charge in [0.1, 0.15) is 11.6 Å². The molecule has 2 aliphatic carbocycles. The molecule has 0 amide bonds. The summed E-state index contributed by atoms with van der Waals surface area (Å²) in [6.07, 6.45) is 4.34. The molecule has 5 nitrogen and oxygen atoms in total. The molecule has 3 aromatic rings. The Hall–Kier alpha value is -2.95. The van der Waals surface area contributed by atoms with Crippen LogP contribution >= 0.6 is 23.2 Å². The molecule has 0 aromatic heterocycles. The second-order valence-electron chi connectivity index (χ2n) is 12.3. The van der Waals surface area contributed by atoms with Gasteiger partial charge in [-0.1, -0.05) is 47.5 Å². The van der Waals surface area contributed by atoms with Gasteiger partial charge in [-0.15, -0.1) is 0 Å². The first-order chi connectivity index (χ1) is 19.9. The Labute approximate surface area is 258 Å². The summed E-state index contributed by atoms with van der Waals surface area (Å²) in [6, 6.07) is 17.4. The summed E-state index contributed by atoms with van der Waals surface area (Å²) < 4.78 is 12.3. The van der Waals surface area contributed by atoms with E-state index >= 15 is 0 Å². The second-order valence-corrected chi connectivity index (χ2v) is 13.1. The molecular formula is C34H34BCl2NO4. The molecule has 0 radical (unpaired) electrons. The van der Waals surface area contributed by atoms with E-state index in [0.717, 1.165) is 44.7 Å². The first-order valence-electron chi connectivity index (χ1n) is 14.4. The second kappa shape index (κ2) is 12.0. The number of benzene rings is 3. The van der Waals surface area contributed by atoms with Crippen LogP contribution in [-0.4, -0.2) is 29.9 Å². The largest absolute Gasteiger partial charge is 0.496 e. The minimum Gasteiger partial charge on any atom is -0.399 e. The van der Waals surface area contributed by atoms with Crippen molar-refractivity contribution in [1.82, 2.24) is 0 Å². The molecule has 0 atom stereocenters. The summed E-state index contributed by atoms with van der Waals surface area (Å²) in [6.45, 7) is 8.11. The minimum absolute atomic E-state index is 0.282. The van der Waals surface area contributed by atoms with E-state index in [2.05, 4.69) is 6.07 Å². The van der Waals surface area contributed by atoms with E-state index in [-0.39, 0.29) is 5.78 Å². The molecule has 1 aliphatic heterocycles. The zero-order chi connectivity index (χ0) is 30.2. The van der Waals surface area contributed by atoms with Gasteiger partial charge in [0.05, 0.1) is 22.8 Å². The summed E-state index contributed by atoms with van der Waals surface area (Å²) in [4.78, 5) is 23.2. The average molecular weight is 602 g/mol. The van der Waals surface area contributed by atoms with E-state index in [4.69, 9.17) is 37.8 Å². The maximum absolute atomic E-state index is 11.7. The Morgan fingerprint density at radius 2 is 1.38 bits per heavy atom. The van der Waals surface area contributed by atoms with Gasteiger partial charge in [0.15, 0.2) is 0 Å². The fraction of sp³-hybridized carbons (Fsp3) is 0.382. The van der Waals surface area contributed by atoms with Crippen LogP contribution in [-0.2, 0) is 51.0 Å². The van der Waals surface area contributed by atoms with E-state index in [1.807, 2.05) is 70.2 Å². The van der Waals surface area contributed by atoms with Crippen molar-refractivity contribution in [2.75, 3.05) is 0 Å². The molecule has 8 heteroatoms. The molecule has 1 fully saturated rings. The van der Waals surface area contributed by atoms with Gasteiger partial charge in [-0.05, 0) is 105 Å². The number of Topliss-reactive ketones (excluding diaryl/α,β-unsaturated/α-hetero) is 2. The van der Waals surface area contributed by atoms with Crippen molar-refractivity contribution in [3.8, 4) is 6.07 Å². The van der Waals surface area contributed by atoms with E-state index < -0.39 is 18.3 Å². The quantitative estimate of drug-likeness (QED) is 0.318. The van der Waals surface area contributed by atoms with Crippen molar-refractivity contribution in [3.05, 3.63) is 97.5 Å². The van der Waals surface area contributed by atoms with Gasteiger partial charge in [0.25, 0.3) is 0 Å². The van der Waals surface area contributed by atoms with Crippen molar-refractivity contribution in [1.29, 1.82) is 5.26 Å². The van der Waals surface area contributed by atoms with Crippen LogP contribution in [0, 0.1) is 11.3 Å². The third-order valence-corrected chi connectivity index (χ3v) is 9.56. The lowest BCUT2D eigenvalue weighted by Gasteiger charge is -2.32. The molecule has 3 aliphatic rings. The lowest BCUT2D eigenvalue weighted by atomic mass is 9.71. The van der Waals surface area contributed by atoms with Crippen molar-refractivity contribution in [3.63, 3.8) is 0 Å². The average Bonchev–Trinajstić information content (AvgIpc) is 3.16. The Morgan fingerprint density at radius 3 is 2.00 bits per heavy atom. The Kier molecular flexibility index (Phi) is 8.70. The van der Waals surface area contributed by atoms with Crippen molar-refractivity contribution in [2.45, 2.75) is 83.8 Å². The van der Waals surface area contributed by atoms with E-state index in [1.165, 1.54) is 5.56 Å². The third kappa shape index (κ3) is 6.21. The highest BCUT2D eigenvalue weighted by Crippen LogP contribution is 2.38. The molecule has 42 heavy (non-hydrogen) atoms. The van der Waals surface area contributed by atoms with E-state index in [9.17, 15) is 9.59 Å². The Morgan fingerprint density at radius 1 is 0.810 bits per heavy atom. The number of carbonyl (C=O) groups is 2. The monoisotopic (exact) mass is 601 g/mol. The van der Waals surface area contributed by atoms with Crippen LogP contribution in [0.1, 0.15) is 79.5 Å². The first kappa shape index (κ1) is 30.5. The number of nitrogens with zero attached hydrogens (tertiary/aromatic N) is 1. The minimum atomic E-state index is -0.467. The number of halogens is 2. The van der Waals surface area contributed by atoms with Crippen LogP contribution in [0.3, 0.4) is 0 Å². The number of hydrogen-bond acceptors (Lipinski definition) is 5. The number of ketones is 2. The van der Waals surface area contributed by atoms with Gasteiger partial charge in [0.2, 0.25) is 0 Å². The van der Waals surface area contributed by atoms with Crippen molar-refractivity contribution in [2.24, 2.45) is 0 Å². The molecule has 6 rings (SSSR count). The third-order valence-electron chi connectivity index (χ3n) is 8.88. The molecule has 216 valence electrons. The number of fused-ring (bicyclic) bond motifs is 2. The molecule has 1 heterocycles. The maximum Gasteiger partial charge on any atom is 0.496 e. The zero-order valence-electron chi connectivity index (χ0n) is 24.5. The van der Waals surface area contributed by atoms with Crippen LogP contribution in [0.15, 0.2) is 48.5 Å². The SMILES string of the molecule is CC1(C)OB(c2c(Cl)ccc3c2CCC(=O)C3)OC1(C)C.N#Cc1cccc(Cc2c(Cl)ccc3c2CCC(=O)C3)c1. The lowest BCUT2D eigenvalue weighted by Crippen LogP contribution is -2.41. The summed E-state index contributed by atoms with van der Waals surface area (Å²) in [5, 5.41) is 10.4. The summed E-state index contributed by atoms with van der Waals surface area (Å²) in [5.41, 5.74) is 7.43. The van der Waals surface area contributed by atoms with Gasteiger partial charge in [-0.2, -0.15) is 5.26 Å². The smallest absolute Gasteiger partial charge is 0.399 e. The predicted molar refractivity (Wildman–Crippen MR) is 167 cm³/mol. The first-order valence-corrected chi connectivity index (χ1v) is 15.1. The Bertz CT molecular complexity index is 1590. The highest BCUT2D eigenvalue weighted by atomic mass is 35.5. The van der Waals surface area contributed by atoms with Crippen molar-refractivity contribution < 1.29 is 18.9 Å². The van der Waals surface area contributed by atoms with Crippen LogP contribution in [0.25, 0.3) is 0 Å². The van der Waals surface area contributed by atoms with Gasteiger partial charge < -0.3 is 9.31 Å². The van der Waals surface area contributed by atoms with E-state index in [1.54, 1.807) is 6.07 Å². The standard InChI is InChI=1S/C18H14ClNO.C16H20BClO3/c19-18-7-4-14-10-15(21)5-6-16(14)17(18)9-12-2-1-3-13(8-12)11-20;1-15(2)16(3,4)21-17(20-15)14-12-7-6-11(19)9-10(12)5-8-13(14)18/h1-4,7-8H,5-6,9-10H2;5,8H,6-7,9H2,1-4H3.